The third-order valence-corrected chi connectivity index (χ3v) is 5.54. The van der Waals surface area contributed by atoms with E-state index in [9.17, 15) is 9.59 Å². The van der Waals surface area contributed by atoms with E-state index >= 15 is 0 Å². The monoisotopic (exact) mass is 358 g/mol. The number of ether oxygens (including phenoxy) is 1. The molecule has 1 aromatic carbocycles. The molecule has 0 bridgehead atoms. The van der Waals surface area contributed by atoms with Crippen LogP contribution in [0.5, 0.6) is 0 Å². The first-order valence-corrected chi connectivity index (χ1v) is 9.40. The lowest BCUT2D eigenvalue weighted by molar-refractivity contribution is -0.129. The Balaban J connectivity index is 1.64. The number of aryl methyl sites for hydroxylation is 1. The van der Waals surface area contributed by atoms with Gasteiger partial charge in [-0.3, -0.25) is 4.79 Å². The zero-order chi connectivity index (χ0) is 17.8. The van der Waals surface area contributed by atoms with Crippen LogP contribution in [0.3, 0.4) is 0 Å². The molecule has 6 heteroatoms. The van der Waals surface area contributed by atoms with Crippen molar-refractivity contribution < 1.29 is 14.3 Å². The summed E-state index contributed by atoms with van der Waals surface area (Å²) in [4.78, 5) is 29.5. The van der Waals surface area contributed by atoms with Crippen LogP contribution in [0.15, 0.2) is 30.3 Å². The Hall–Kier alpha value is -2.21. The minimum absolute atomic E-state index is 0.212. The van der Waals surface area contributed by atoms with Gasteiger partial charge in [-0.25, -0.2) is 9.78 Å². The smallest absolute Gasteiger partial charge is 0.351 e. The summed E-state index contributed by atoms with van der Waals surface area (Å²) < 4.78 is 5.36. The Labute approximate surface area is 151 Å². The lowest BCUT2D eigenvalue weighted by Gasteiger charge is -2.16. The van der Waals surface area contributed by atoms with Crippen molar-refractivity contribution in [1.82, 2.24) is 10.3 Å². The van der Waals surface area contributed by atoms with Gasteiger partial charge >= 0.3 is 5.97 Å². The van der Waals surface area contributed by atoms with Crippen molar-refractivity contribution in [3.63, 3.8) is 0 Å². The van der Waals surface area contributed by atoms with Gasteiger partial charge in [0.2, 0.25) is 0 Å². The lowest BCUT2D eigenvalue weighted by Crippen LogP contribution is -2.40. The van der Waals surface area contributed by atoms with Gasteiger partial charge in [-0.1, -0.05) is 43.2 Å². The number of hydrogen-bond donors (Lipinski definition) is 1. The molecule has 1 N–H and O–H groups in total. The van der Waals surface area contributed by atoms with Crippen LogP contribution in [-0.4, -0.2) is 29.0 Å². The molecule has 0 saturated heterocycles. The number of carbonyl (C=O) groups excluding carboxylic acids is 2. The summed E-state index contributed by atoms with van der Waals surface area (Å²) in [6.45, 7) is 3.39. The van der Waals surface area contributed by atoms with Crippen molar-refractivity contribution in [3.05, 3.63) is 40.9 Å². The van der Waals surface area contributed by atoms with Gasteiger partial charge in [0, 0.05) is 11.6 Å². The second kappa shape index (κ2) is 7.78. The number of nitrogens with one attached hydrogen (secondary N) is 1. The van der Waals surface area contributed by atoms with E-state index in [0.717, 1.165) is 36.3 Å². The van der Waals surface area contributed by atoms with Gasteiger partial charge in [-0.05, 0) is 26.7 Å². The first kappa shape index (κ1) is 17.6. The maximum atomic E-state index is 12.4. The summed E-state index contributed by atoms with van der Waals surface area (Å²) >= 11 is 1.29. The normalized spacial score (nSPS) is 15.8. The molecule has 1 atom stereocenters. The molecule has 1 amide bonds. The highest BCUT2D eigenvalue weighted by molar-refractivity contribution is 7.17. The molecule has 1 fully saturated rings. The Morgan fingerprint density at radius 3 is 2.60 bits per heavy atom. The van der Waals surface area contributed by atoms with Crippen LogP contribution in [0.4, 0.5) is 0 Å². The molecule has 3 rings (SSSR count). The molecule has 132 valence electrons. The number of esters is 1. The fourth-order valence-corrected chi connectivity index (χ4v) is 3.90. The van der Waals surface area contributed by atoms with E-state index < -0.39 is 12.1 Å². The largest absolute Gasteiger partial charge is 0.448 e. The lowest BCUT2D eigenvalue weighted by atomic mass is 10.2. The van der Waals surface area contributed by atoms with Crippen molar-refractivity contribution in [3.8, 4) is 10.6 Å². The first-order chi connectivity index (χ1) is 12.0. The molecule has 0 unspecified atom stereocenters. The maximum absolute atomic E-state index is 12.4. The Bertz CT molecular complexity index is 751. The molecule has 0 radical (unpaired) electrons. The number of aromatic nitrogens is 1. The number of rotatable bonds is 5. The van der Waals surface area contributed by atoms with Crippen molar-refractivity contribution in [2.45, 2.75) is 51.7 Å². The highest BCUT2D eigenvalue weighted by atomic mass is 32.1. The molecule has 1 aliphatic rings. The van der Waals surface area contributed by atoms with Gasteiger partial charge in [0.05, 0.1) is 5.69 Å². The molecule has 5 nitrogen and oxygen atoms in total. The Morgan fingerprint density at radius 2 is 1.92 bits per heavy atom. The molecule has 2 aromatic rings. The van der Waals surface area contributed by atoms with Crippen LogP contribution in [0.2, 0.25) is 0 Å². The number of amides is 1. The van der Waals surface area contributed by atoms with Crippen molar-refractivity contribution in [1.29, 1.82) is 0 Å². The van der Waals surface area contributed by atoms with Gasteiger partial charge in [-0.2, -0.15) is 0 Å². The Morgan fingerprint density at radius 1 is 1.24 bits per heavy atom. The van der Waals surface area contributed by atoms with E-state index in [2.05, 4.69) is 10.3 Å². The molecular formula is C19H22N2O3S. The number of nitrogens with zero attached hydrogens (tertiary/aromatic N) is 1. The van der Waals surface area contributed by atoms with Crippen LogP contribution in [0, 0.1) is 6.92 Å². The van der Waals surface area contributed by atoms with Crippen LogP contribution >= 0.6 is 11.3 Å². The molecule has 0 aliphatic heterocycles. The second-order valence-electron chi connectivity index (χ2n) is 6.34. The topological polar surface area (TPSA) is 68.3 Å². The zero-order valence-corrected chi connectivity index (χ0v) is 15.3. The molecule has 1 heterocycles. The van der Waals surface area contributed by atoms with E-state index in [1.165, 1.54) is 11.3 Å². The van der Waals surface area contributed by atoms with Crippen molar-refractivity contribution >= 4 is 23.2 Å². The summed E-state index contributed by atoms with van der Waals surface area (Å²) in [7, 11) is 0. The highest BCUT2D eigenvalue weighted by Gasteiger charge is 2.25. The van der Waals surface area contributed by atoms with E-state index in [-0.39, 0.29) is 11.9 Å². The second-order valence-corrected chi connectivity index (χ2v) is 7.34. The molecule has 1 aliphatic carbocycles. The summed E-state index contributed by atoms with van der Waals surface area (Å²) in [5, 5.41) is 3.72. The van der Waals surface area contributed by atoms with E-state index in [0.29, 0.717) is 10.6 Å². The van der Waals surface area contributed by atoms with Crippen molar-refractivity contribution in [2.75, 3.05) is 0 Å². The van der Waals surface area contributed by atoms with Crippen molar-refractivity contribution in [2.24, 2.45) is 0 Å². The maximum Gasteiger partial charge on any atom is 0.351 e. The van der Waals surface area contributed by atoms with Crippen LogP contribution < -0.4 is 5.32 Å². The van der Waals surface area contributed by atoms with E-state index in [1.807, 2.05) is 30.3 Å². The van der Waals surface area contributed by atoms with Gasteiger partial charge < -0.3 is 10.1 Å². The van der Waals surface area contributed by atoms with Gasteiger partial charge in [0.25, 0.3) is 5.91 Å². The predicted octanol–water partition coefficient (Wildman–Crippen LogP) is 3.72. The average molecular weight is 358 g/mol. The molecule has 0 spiro atoms. The third-order valence-electron chi connectivity index (χ3n) is 4.36. The molecule has 1 aromatic heterocycles. The molecular weight excluding hydrogens is 336 g/mol. The number of benzene rings is 1. The van der Waals surface area contributed by atoms with Crippen LogP contribution in [0.1, 0.15) is 48.0 Å². The summed E-state index contributed by atoms with van der Waals surface area (Å²) in [6, 6.07) is 9.90. The highest BCUT2D eigenvalue weighted by Crippen LogP contribution is 2.28. The SMILES string of the molecule is Cc1nc(-c2ccccc2)sc1C(=O)O[C@H](C)C(=O)NC1CCCC1. The van der Waals surface area contributed by atoms with Crippen LogP contribution in [0.25, 0.3) is 10.6 Å². The van der Waals surface area contributed by atoms with Gasteiger partial charge in [0.15, 0.2) is 6.10 Å². The van der Waals surface area contributed by atoms with Gasteiger partial charge in [-0.15, -0.1) is 11.3 Å². The quantitative estimate of drug-likeness (QED) is 0.827. The van der Waals surface area contributed by atoms with E-state index in [1.54, 1.807) is 13.8 Å². The third kappa shape index (κ3) is 4.25. The minimum atomic E-state index is -0.810. The summed E-state index contributed by atoms with van der Waals surface area (Å²) in [5.74, 6) is -0.725. The van der Waals surface area contributed by atoms with E-state index in [4.69, 9.17) is 4.74 Å². The summed E-state index contributed by atoms with van der Waals surface area (Å²) in [5.41, 5.74) is 1.58. The van der Waals surface area contributed by atoms with Gasteiger partial charge in [0.1, 0.15) is 9.88 Å². The fraction of sp³-hybridized carbons (Fsp3) is 0.421. The molecule has 1 saturated carbocycles. The zero-order valence-electron chi connectivity index (χ0n) is 14.5. The average Bonchev–Trinajstić information content (AvgIpc) is 3.25. The Kier molecular flexibility index (Phi) is 5.48. The minimum Gasteiger partial charge on any atom is -0.448 e. The number of hydrogen-bond acceptors (Lipinski definition) is 5. The number of carbonyl (C=O) groups is 2. The number of thiazole rings is 1. The standard InChI is InChI=1S/C19H22N2O3S/c1-12-16(25-18(20-12)14-8-4-3-5-9-14)19(23)24-13(2)17(22)21-15-10-6-7-11-15/h3-5,8-9,13,15H,6-7,10-11H2,1-2H3,(H,21,22)/t13-/m1/s1. The van der Waals surface area contributed by atoms with Crippen LogP contribution in [-0.2, 0) is 9.53 Å². The summed E-state index contributed by atoms with van der Waals surface area (Å²) in [6.07, 6.45) is 3.47. The predicted molar refractivity (Wildman–Crippen MR) is 97.6 cm³/mol. The first-order valence-electron chi connectivity index (χ1n) is 8.59. The molecule has 25 heavy (non-hydrogen) atoms. The fourth-order valence-electron chi connectivity index (χ4n) is 2.95.